The van der Waals surface area contributed by atoms with E-state index < -0.39 is 17.5 Å². The topological polar surface area (TPSA) is 57.3 Å². The Hall–Kier alpha value is -1.60. The maximum Gasteiger partial charge on any atom is 0.275 e. The SMILES string of the molecule is CC(C)C1CC(C2CCN(C(=O)c3ncc(F)cc3F)CC2)NN1. The van der Waals surface area contributed by atoms with E-state index in [-0.39, 0.29) is 5.69 Å². The summed E-state index contributed by atoms with van der Waals surface area (Å²) in [4.78, 5) is 17.6. The minimum Gasteiger partial charge on any atom is -0.337 e. The molecule has 0 saturated carbocycles. The van der Waals surface area contributed by atoms with Crippen LogP contribution < -0.4 is 10.9 Å². The predicted octanol–water partition coefficient (Wildman–Crippen LogP) is 2.10. The average Bonchev–Trinajstić information content (AvgIpc) is 3.05. The Bertz CT molecular complexity index is 602. The van der Waals surface area contributed by atoms with E-state index in [0.717, 1.165) is 25.5 Å². The van der Waals surface area contributed by atoms with Gasteiger partial charge < -0.3 is 4.90 Å². The van der Waals surface area contributed by atoms with Crippen LogP contribution in [0.2, 0.25) is 0 Å². The summed E-state index contributed by atoms with van der Waals surface area (Å²) < 4.78 is 26.7. The maximum atomic E-state index is 13.7. The smallest absolute Gasteiger partial charge is 0.275 e. The zero-order chi connectivity index (χ0) is 17.3. The van der Waals surface area contributed by atoms with Crippen molar-refractivity contribution < 1.29 is 13.6 Å². The zero-order valence-corrected chi connectivity index (χ0v) is 14.1. The predicted molar refractivity (Wildman–Crippen MR) is 86.1 cm³/mol. The van der Waals surface area contributed by atoms with Crippen LogP contribution >= 0.6 is 0 Å². The Labute approximate surface area is 140 Å². The highest BCUT2D eigenvalue weighted by molar-refractivity contribution is 5.92. The number of hydrogen-bond acceptors (Lipinski definition) is 4. The molecule has 2 aliphatic rings. The molecule has 0 spiro atoms. The second kappa shape index (κ2) is 7.11. The number of nitrogens with one attached hydrogen (secondary N) is 2. The summed E-state index contributed by atoms with van der Waals surface area (Å²) in [6.45, 7) is 5.56. The first-order valence-corrected chi connectivity index (χ1v) is 8.57. The van der Waals surface area contributed by atoms with Crippen LogP contribution in [0, 0.1) is 23.5 Å². The molecule has 7 heteroatoms. The summed E-state index contributed by atoms with van der Waals surface area (Å²) >= 11 is 0. The number of rotatable bonds is 3. The van der Waals surface area contributed by atoms with Crippen LogP contribution in [0.25, 0.3) is 0 Å². The normalized spacial score (nSPS) is 25.5. The number of hydrazine groups is 1. The molecule has 1 aromatic rings. The fourth-order valence-corrected chi connectivity index (χ4v) is 3.58. The van der Waals surface area contributed by atoms with Gasteiger partial charge in [-0.15, -0.1) is 0 Å². The minimum absolute atomic E-state index is 0.296. The van der Waals surface area contributed by atoms with Crippen molar-refractivity contribution in [1.29, 1.82) is 0 Å². The summed E-state index contributed by atoms with van der Waals surface area (Å²) in [6, 6.07) is 1.59. The van der Waals surface area contributed by atoms with Gasteiger partial charge in [0.1, 0.15) is 5.82 Å². The van der Waals surface area contributed by atoms with Gasteiger partial charge in [0.05, 0.1) is 6.20 Å². The van der Waals surface area contributed by atoms with Crippen molar-refractivity contribution in [3.8, 4) is 0 Å². The fourth-order valence-electron chi connectivity index (χ4n) is 3.58. The van der Waals surface area contributed by atoms with Gasteiger partial charge in [-0.2, -0.15) is 0 Å². The van der Waals surface area contributed by atoms with Gasteiger partial charge in [0.2, 0.25) is 0 Å². The molecule has 5 nitrogen and oxygen atoms in total. The average molecular weight is 338 g/mol. The quantitative estimate of drug-likeness (QED) is 0.886. The Morgan fingerprint density at radius 3 is 2.58 bits per heavy atom. The van der Waals surface area contributed by atoms with Gasteiger partial charge in [0, 0.05) is 31.2 Å². The van der Waals surface area contributed by atoms with Crippen LogP contribution in [-0.4, -0.2) is 41.0 Å². The van der Waals surface area contributed by atoms with E-state index in [4.69, 9.17) is 0 Å². The third-order valence-electron chi connectivity index (χ3n) is 5.17. The first-order valence-electron chi connectivity index (χ1n) is 8.57. The van der Waals surface area contributed by atoms with Crippen LogP contribution in [0.1, 0.15) is 43.6 Å². The largest absolute Gasteiger partial charge is 0.337 e. The van der Waals surface area contributed by atoms with E-state index >= 15 is 0 Å². The van der Waals surface area contributed by atoms with Gasteiger partial charge in [-0.3, -0.25) is 15.6 Å². The molecule has 1 amide bonds. The molecule has 132 valence electrons. The molecule has 0 aliphatic carbocycles. The zero-order valence-electron chi connectivity index (χ0n) is 14.1. The standard InChI is InChI=1S/C17H24F2N4O/c1-10(2)14-8-15(22-21-14)11-3-5-23(6-4-11)17(24)16-13(19)7-12(18)9-20-16/h7,9-11,14-15,21-22H,3-6,8H2,1-2H3. The fraction of sp³-hybridized carbons (Fsp3) is 0.647. The molecule has 0 bridgehead atoms. The Balaban J connectivity index is 1.56. The van der Waals surface area contributed by atoms with E-state index in [0.29, 0.717) is 43.1 Å². The molecule has 3 heterocycles. The molecule has 2 atom stereocenters. The monoisotopic (exact) mass is 338 g/mol. The van der Waals surface area contributed by atoms with Gasteiger partial charge in [-0.1, -0.05) is 13.8 Å². The van der Waals surface area contributed by atoms with Gasteiger partial charge >= 0.3 is 0 Å². The lowest BCUT2D eigenvalue weighted by atomic mass is 9.85. The van der Waals surface area contributed by atoms with Gasteiger partial charge in [-0.25, -0.2) is 13.8 Å². The highest BCUT2D eigenvalue weighted by Crippen LogP contribution is 2.27. The second-order valence-electron chi connectivity index (χ2n) is 7.09. The molecule has 1 aromatic heterocycles. The lowest BCUT2D eigenvalue weighted by Gasteiger charge is -2.34. The molecule has 2 saturated heterocycles. The summed E-state index contributed by atoms with van der Waals surface area (Å²) in [6.07, 6.45) is 3.71. The maximum absolute atomic E-state index is 13.7. The lowest BCUT2D eigenvalue weighted by Crippen LogP contribution is -2.45. The van der Waals surface area contributed by atoms with Crippen molar-refractivity contribution in [1.82, 2.24) is 20.7 Å². The number of nitrogens with zero attached hydrogens (tertiary/aromatic N) is 2. The Morgan fingerprint density at radius 2 is 2.00 bits per heavy atom. The van der Waals surface area contributed by atoms with E-state index in [1.54, 1.807) is 4.90 Å². The number of likely N-dealkylation sites (tertiary alicyclic amines) is 1. The van der Waals surface area contributed by atoms with Crippen LogP contribution in [0.5, 0.6) is 0 Å². The number of amides is 1. The summed E-state index contributed by atoms with van der Waals surface area (Å²) in [5, 5.41) is 0. The number of aromatic nitrogens is 1. The summed E-state index contributed by atoms with van der Waals surface area (Å²) in [7, 11) is 0. The molecule has 2 N–H and O–H groups in total. The van der Waals surface area contributed by atoms with Crippen LogP contribution in [0.3, 0.4) is 0 Å². The van der Waals surface area contributed by atoms with Crippen molar-refractivity contribution in [3.63, 3.8) is 0 Å². The first-order chi connectivity index (χ1) is 11.5. The van der Waals surface area contributed by atoms with Crippen molar-refractivity contribution in [2.75, 3.05) is 13.1 Å². The van der Waals surface area contributed by atoms with E-state index in [9.17, 15) is 13.6 Å². The van der Waals surface area contributed by atoms with Crippen molar-refractivity contribution in [2.24, 2.45) is 11.8 Å². The summed E-state index contributed by atoms with van der Waals surface area (Å²) in [5.41, 5.74) is 6.44. The number of carbonyl (C=O) groups excluding carboxylic acids is 1. The molecule has 2 unspecified atom stereocenters. The van der Waals surface area contributed by atoms with Crippen molar-refractivity contribution >= 4 is 5.91 Å². The Morgan fingerprint density at radius 1 is 1.29 bits per heavy atom. The molecule has 24 heavy (non-hydrogen) atoms. The van der Waals surface area contributed by atoms with E-state index in [2.05, 4.69) is 29.7 Å². The number of carbonyl (C=O) groups is 1. The highest BCUT2D eigenvalue weighted by atomic mass is 19.1. The number of hydrogen-bond donors (Lipinski definition) is 2. The van der Waals surface area contributed by atoms with Crippen LogP contribution in [-0.2, 0) is 0 Å². The van der Waals surface area contributed by atoms with E-state index in [1.165, 1.54) is 0 Å². The summed E-state index contributed by atoms with van der Waals surface area (Å²) in [5.74, 6) is -1.05. The molecule has 0 radical (unpaired) electrons. The van der Waals surface area contributed by atoms with Gasteiger partial charge in [0.25, 0.3) is 5.91 Å². The minimum atomic E-state index is -0.899. The van der Waals surface area contributed by atoms with Crippen molar-refractivity contribution in [2.45, 2.75) is 45.2 Å². The van der Waals surface area contributed by atoms with Crippen LogP contribution in [0.15, 0.2) is 12.3 Å². The third-order valence-corrected chi connectivity index (χ3v) is 5.17. The second-order valence-corrected chi connectivity index (χ2v) is 7.09. The first kappa shape index (κ1) is 17.2. The highest BCUT2D eigenvalue weighted by Gasteiger charge is 2.35. The number of halogens is 2. The molecular weight excluding hydrogens is 314 g/mol. The number of pyridine rings is 1. The molecule has 2 aliphatic heterocycles. The van der Waals surface area contributed by atoms with E-state index in [1.807, 2.05) is 0 Å². The van der Waals surface area contributed by atoms with Crippen LogP contribution in [0.4, 0.5) is 8.78 Å². The molecule has 2 fully saturated rings. The molecule has 0 aromatic carbocycles. The molecule has 3 rings (SSSR count). The van der Waals surface area contributed by atoms with Crippen molar-refractivity contribution in [3.05, 3.63) is 29.6 Å². The number of piperidine rings is 1. The third kappa shape index (κ3) is 3.57. The molecular formula is C17H24F2N4O. The lowest BCUT2D eigenvalue weighted by molar-refractivity contribution is 0.0661. The van der Waals surface area contributed by atoms with Gasteiger partial charge in [0.15, 0.2) is 11.5 Å². The Kier molecular flexibility index (Phi) is 5.10. The van der Waals surface area contributed by atoms with Gasteiger partial charge in [-0.05, 0) is 31.1 Å².